The number of anilines is 1. The number of hydrogen-bond acceptors (Lipinski definition) is 7. The molecule has 3 aromatic rings. The summed E-state index contributed by atoms with van der Waals surface area (Å²) in [5.41, 5.74) is 2.09. The molecule has 1 heterocycles. The van der Waals surface area contributed by atoms with E-state index in [2.05, 4.69) is 9.72 Å². The summed E-state index contributed by atoms with van der Waals surface area (Å²) in [4.78, 5) is 18.0. The highest BCUT2D eigenvalue weighted by atomic mass is 19.4. The molecular weight excluding hydrogens is 429 g/mol. The number of carbonyl (C=O) groups excluding carboxylic acids is 1. The second-order valence-corrected chi connectivity index (χ2v) is 7.02. The Hall–Kier alpha value is -3.27. The number of oxazole rings is 1. The highest BCUT2D eigenvalue weighted by Crippen LogP contribution is 2.21. The molecule has 7 nitrogen and oxygen atoms in total. The van der Waals surface area contributed by atoms with Crippen LogP contribution < -0.4 is 9.64 Å². The molecule has 32 heavy (non-hydrogen) atoms. The highest BCUT2D eigenvalue weighted by molar-refractivity contribution is 5.75. The number of ether oxygens (including phenoxy) is 3. The van der Waals surface area contributed by atoms with Gasteiger partial charge in [-0.05, 0) is 29.8 Å². The molecule has 0 saturated carbocycles. The van der Waals surface area contributed by atoms with Gasteiger partial charge in [0.2, 0.25) is 0 Å². The Kier molecular flexibility index (Phi) is 7.57. The molecule has 1 aromatic heterocycles. The van der Waals surface area contributed by atoms with Gasteiger partial charge in [-0.15, -0.1) is 0 Å². The first-order chi connectivity index (χ1) is 15.2. The van der Waals surface area contributed by atoms with Crippen LogP contribution in [0.4, 0.5) is 19.2 Å². The van der Waals surface area contributed by atoms with Crippen molar-refractivity contribution in [3.63, 3.8) is 0 Å². The van der Waals surface area contributed by atoms with Crippen LogP contribution in [0.1, 0.15) is 5.56 Å². The van der Waals surface area contributed by atoms with Gasteiger partial charge in [0.1, 0.15) is 24.5 Å². The summed E-state index contributed by atoms with van der Waals surface area (Å²) in [6.07, 6.45) is -5.93. The SMILES string of the molecule is COC(=O)[C@H](Cc1ccc(OCCN(C)c2nc3ccccc3o2)cc1)OCC(F)(F)F. The normalized spacial score (nSPS) is 12.5. The molecule has 172 valence electrons. The number of para-hydroxylation sites is 2. The first-order valence-electron chi connectivity index (χ1n) is 9.80. The van der Waals surface area contributed by atoms with E-state index in [1.165, 1.54) is 0 Å². The zero-order chi connectivity index (χ0) is 23.1. The van der Waals surface area contributed by atoms with Crippen LogP contribution in [0.25, 0.3) is 11.1 Å². The predicted molar refractivity (Wildman–Crippen MR) is 111 cm³/mol. The van der Waals surface area contributed by atoms with Gasteiger partial charge in [0, 0.05) is 13.5 Å². The van der Waals surface area contributed by atoms with Crippen LogP contribution in [0.3, 0.4) is 0 Å². The van der Waals surface area contributed by atoms with Gasteiger partial charge in [0.25, 0.3) is 6.01 Å². The minimum Gasteiger partial charge on any atom is -0.492 e. The fourth-order valence-electron chi connectivity index (χ4n) is 2.89. The summed E-state index contributed by atoms with van der Waals surface area (Å²) in [5.74, 6) is -0.289. The number of esters is 1. The van der Waals surface area contributed by atoms with Crippen LogP contribution in [0.5, 0.6) is 5.75 Å². The molecule has 0 radical (unpaired) electrons. The lowest BCUT2D eigenvalue weighted by molar-refractivity contribution is -0.193. The van der Waals surface area contributed by atoms with Crippen LogP contribution in [0.15, 0.2) is 52.9 Å². The van der Waals surface area contributed by atoms with Gasteiger partial charge < -0.3 is 23.5 Å². The maximum absolute atomic E-state index is 12.4. The highest BCUT2D eigenvalue weighted by Gasteiger charge is 2.31. The Balaban J connectivity index is 1.50. The zero-order valence-electron chi connectivity index (χ0n) is 17.6. The third-order valence-corrected chi connectivity index (χ3v) is 4.56. The summed E-state index contributed by atoms with van der Waals surface area (Å²) in [7, 11) is 2.94. The van der Waals surface area contributed by atoms with Gasteiger partial charge in [-0.1, -0.05) is 24.3 Å². The van der Waals surface area contributed by atoms with Crippen LogP contribution in [-0.4, -0.2) is 57.1 Å². The van der Waals surface area contributed by atoms with Crippen LogP contribution in [-0.2, 0) is 20.7 Å². The quantitative estimate of drug-likeness (QED) is 0.431. The number of halogens is 3. The van der Waals surface area contributed by atoms with Gasteiger partial charge in [0.15, 0.2) is 11.7 Å². The Labute approximate surface area is 182 Å². The number of nitrogens with zero attached hydrogens (tertiary/aromatic N) is 2. The lowest BCUT2D eigenvalue weighted by Crippen LogP contribution is -2.32. The Morgan fingerprint density at radius 2 is 1.88 bits per heavy atom. The molecule has 3 rings (SSSR count). The summed E-state index contributed by atoms with van der Waals surface area (Å²) < 4.78 is 57.9. The van der Waals surface area contributed by atoms with Crippen LogP contribution in [0.2, 0.25) is 0 Å². The number of rotatable bonds is 10. The average Bonchev–Trinajstić information content (AvgIpc) is 3.21. The van der Waals surface area contributed by atoms with Gasteiger partial charge in [0.05, 0.1) is 13.7 Å². The summed E-state index contributed by atoms with van der Waals surface area (Å²) in [6, 6.07) is 14.6. The van der Waals surface area contributed by atoms with Gasteiger partial charge >= 0.3 is 12.1 Å². The molecule has 0 bridgehead atoms. The third kappa shape index (κ3) is 6.61. The van der Waals surface area contributed by atoms with Crippen molar-refractivity contribution >= 4 is 23.1 Å². The van der Waals surface area contributed by atoms with E-state index >= 15 is 0 Å². The van der Waals surface area contributed by atoms with Crippen molar-refractivity contribution < 1.29 is 36.6 Å². The van der Waals surface area contributed by atoms with E-state index in [0.29, 0.717) is 36.1 Å². The van der Waals surface area contributed by atoms with Crippen molar-refractivity contribution in [2.75, 3.05) is 38.8 Å². The standard InChI is InChI=1S/C22H23F3N2O5/c1-27(21-26-17-5-3-4-6-18(17)32-21)11-12-30-16-9-7-15(8-10-16)13-19(20(28)29-2)31-14-22(23,24)25/h3-10,19H,11-14H2,1-2H3/t19-/m0/s1. The van der Waals surface area contributed by atoms with Gasteiger partial charge in [-0.25, -0.2) is 4.79 Å². The second kappa shape index (κ2) is 10.4. The second-order valence-electron chi connectivity index (χ2n) is 7.02. The van der Waals surface area contributed by atoms with Gasteiger partial charge in [-0.2, -0.15) is 18.2 Å². The van der Waals surface area contributed by atoms with Crippen molar-refractivity contribution in [3.05, 3.63) is 54.1 Å². The molecule has 10 heteroatoms. The summed E-state index contributed by atoms with van der Waals surface area (Å²) >= 11 is 0. The zero-order valence-corrected chi connectivity index (χ0v) is 17.6. The largest absolute Gasteiger partial charge is 0.492 e. The molecular formula is C22H23F3N2O5. The molecule has 0 N–H and O–H groups in total. The Morgan fingerprint density at radius 1 is 1.16 bits per heavy atom. The number of fused-ring (bicyclic) bond motifs is 1. The monoisotopic (exact) mass is 452 g/mol. The number of methoxy groups -OCH3 is 1. The molecule has 0 fully saturated rings. The van der Waals surface area contributed by atoms with E-state index in [1.54, 1.807) is 24.3 Å². The van der Waals surface area contributed by atoms with Crippen molar-refractivity contribution in [3.8, 4) is 5.75 Å². The smallest absolute Gasteiger partial charge is 0.411 e. The van der Waals surface area contributed by atoms with Crippen LogP contribution >= 0.6 is 0 Å². The number of aromatic nitrogens is 1. The average molecular weight is 452 g/mol. The minimum absolute atomic E-state index is 0.0521. The predicted octanol–water partition coefficient (Wildman–Crippen LogP) is 4.01. The number of benzene rings is 2. The Bertz CT molecular complexity index is 987. The molecule has 0 unspecified atom stereocenters. The number of hydrogen-bond donors (Lipinski definition) is 0. The molecule has 0 aliphatic heterocycles. The molecule has 2 aromatic carbocycles. The first-order valence-corrected chi connectivity index (χ1v) is 9.80. The van der Waals surface area contributed by atoms with E-state index in [4.69, 9.17) is 13.9 Å². The van der Waals surface area contributed by atoms with Crippen molar-refractivity contribution in [2.24, 2.45) is 0 Å². The Morgan fingerprint density at radius 3 is 2.53 bits per heavy atom. The number of carbonyl (C=O) groups is 1. The van der Waals surface area contributed by atoms with E-state index in [1.807, 2.05) is 36.2 Å². The molecule has 1 atom stereocenters. The summed E-state index contributed by atoms with van der Waals surface area (Å²) in [5, 5.41) is 0. The van der Waals surface area contributed by atoms with Crippen molar-refractivity contribution in [1.29, 1.82) is 0 Å². The van der Waals surface area contributed by atoms with E-state index in [9.17, 15) is 18.0 Å². The number of likely N-dealkylation sites (N-methyl/N-ethyl adjacent to an activating group) is 1. The van der Waals surface area contributed by atoms with E-state index < -0.39 is 24.9 Å². The number of alkyl halides is 3. The first kappa shape index (κ1) is 23.4. The topological polar surface area (TPSA) is 74.0 Å². The van der Waals surface area contributed by atoms with Gasteiger partial charge in [-0.3, -0.25) is 0 Å². The maximum atomic E-state index is 12.4. The van der Waals surface area contributed by atoms with Crippen molar-refractivity contribution in [1.82, 2.24) is 4.98 Å². The van der Waals surface area contributed by atoms with Crippen LogP contribution in [0, 0.1) is 0 Å². The molecule has 0 amide bonds. The lowest BCUT2D eigenvalue weighted by Gasteiger charge is -2.17. The summed E-state index contributed by atoms with van der Waals surface area (Å²) in [6.45, 7) is -0.653. The minimum atomic E-state index is -4.53. The third-order valence-electron chi connectivity index (χ3n) is 4.56. The molecule has 0 aliphatic carbocycles. The molecule has 0 spiro atoms. The molecule has 0 saturated heterocycles. The molecule has 0 aliphatic rings. The van der Waals surface area contributed by atoms with Crippen molar-refractivity contribution in [2.45, 2.75) is 18.7 Å². The lowest BCUT2D eigenvalue weighted by atomic mass is 10.1. The maximum Gasteiger partial charge on any atom is 0.411 e. The van der Waals surface area contributed by atoms with E-state index in [0.717, 1.165) is 12.6 Å². The fourth-order valence-corrected chi connectivity index (χ4v) is 2.89. The van der Waals surface area contributed by atoms with E-state index in [-0.39, 0.29) is 6.42 Å². The fraction of sp³-hybridized carbons (Fsp3) is 0.364.